The fraction of sp³-hybridized carbons (Fsp3) is 0.857. The number of hydrogen-bond acceptors (Lipinski definition) is 7. The lowest BCUT2D eigenvalue weighted by Gasteiger charge is -2.44. The highest BCUT2D eigenvalue weighted by Crippen LogP contribution is 2.32. The molecule has 3 atom stereocenters. The summed E-state index contributed by atoms with van der Waals surface area (Å²) in [5.41, 5.74) is 0. The summed E-state index contributed by atoms with van der Waals surface area (Å²) in [7, 11) is -8.35. The highest BCUT2D eigenvalue weighted by atomic mass is 28.5. The van der Waals surface area contributed by atoms with E-state index in [0.717, 1.165) is 44.5 Å². The zero-order chi connectivity index (χ0) is 26.1. The van der Waals surface area contributed by atoms with E-state index in [1.165, 1.54) is 0 Å². The maximum atomic E-state index is 7.11. The lowest BCUT2D eigenvalue weighted by molar-refractivity contribution is 0.182. The topological polar surface area (TPSA) is 73.2 Å². The van der Waals surface area contributed by atoms with Crippen molar-refractivity contribution in [3.63, 3.8) is 0 Å². The number of ether oxygens (including phenoxy) is 1. The zero-order valence-corrected chi connectivity index (χ0v) is 28.5. The first-order valence-corrected chi connectivity index (χ1v) is 26.4. The Kier molecular flexibility index (Phi) is 12.8. The molecule has 0 aliphatic carbocycles. The standard InChI is InChI=1S/C21H50N2O6Si5/c1-24-18-12-13-19-32(9,26-30(3,4)5)28-33(10,20-14-16-23-17-15-22-21-23)29-34(11,25-2)27-31(6,7)8/h15,17,21H,12-14,16,18-20H2,1-11H3. The Morgan fingerprint density at radius 1 is 0.706 bits per heavy atom. The lowest BCUT2D eigenvalue weighted by atomic mass is 10.4. The van der Waals surface area contributed by atoms with Crippen molar-refractivity contribution in [2.45, 2.75) is 96.8 Å². The maximum absolute atomic E-state index is 7.11. The molecule has 34 heavy (non-hydrogen) atoms. The number of nitrogens with zero attached hydrogens (tertiary/aromatic N) is 2. The molecule has 1 aromatic rings. The molecule has 1 aromatic heterocycles. The lowest BCUT2D eigenvalue weighted by Crippen LogP contribution is -2.61. The molecule has 0 aromatic carbocycles. The second-order valence-electron chi connectivity index (χ2n) is 11.3. The average Bonchev–Trinajstić information content (AvgIpc) is 3.15. The number of hydrogen-bond donors (Lipinski definition) is 0. The minimum absolute atomic E-state index is 0.756. The van der Waals surface area contributed by atoms with Crippen molar-refractivity contribution >= 4 is 42.6 Å². The third-order valence-corrected chi connectivity index (χ3v) is 23.1. The highest BCUT2D eigenvalue weighted by Gasteiger charge is 2.51. The fourth-order valence-electron chi connectivity index (χ4n) is 4.10. The van der Waals surface area contributed by atoms with Gasteiger partial charge in [-0.1, -0.05) is 0 Å². The van der Waals surface area contributed by atoms with Crippen LogP contribution < -0.4 is 0 Å². The van der Waals surface area contributed by atoms with E-state index in [1.807, 2.05) is 25.3 Å². The van der Waals surface area contributed by atoms with Crippen molar-refractivity contribution in [3.8, 4) is 0 Å². The summed E-state index contributed by atoms with van der Waals surface area (Å²) in [5, 5.41) is 0. The first-order valence-electron chi connectivity index (χ1n) is 12.3. The Balaban J connectivity index is 3.16. The van der Waals surface area contributed by atoms with Gasteiger partial charge in [0.15, 0.2) is 16.6 Å². The van der Waals surface area contributed by atoms with Crippen molar-refractivity contribution < 1.29 is 25.6 Å². The Bertz CT molecular complexity index is 703. The second-order valence-corrected chi connectivity index (χ2v) is 30.7. The van der Waals surface area contributed by atoms with Crippen LogP contribution in [-0.4, -0.2) is 72.9 Å². The first kappa shape index (κ1) is 32.1. The zero-order valence-electron chi connectivity index (χ0n) is 23.5. The van der Waals surface area contributed by atoms with Gasteiger partial charge >= 0.3 is 25.9 Å². The summed E-state index contributed by atoms with van der Waals surface area (Å²) in [6, 6.07) is 1.76. The van der Waals surface area contributed by atoms with Gasteiger partial charge < -0.3 is 30.2 Å². The van der Waals surface area contributed by atoms with Crippen LogP contribution in [0.1, 0.15) is 19.3 Å². The van der Waals surface area contributed by atoms with Gasteiger partial charge in [0.25, 0.3) is 0 Å². The van der Waals surface area contributed by atoms with E-state index in [9.17, 15) is 0 Å². The van der Waals surface area contributed by atoms with Crippen LogP contribution in [-0.2, 0) is 32.2 Å². The van der Waals surface area contributed by atoms with Gasteiger partial charge in [-0.15, -0.1) is 0 Å². The van der Waals surface area contributed by atoms with Crippen molar-refractivity contribution in [1.29, 1.82) is 0 Å². The average molecular weight is 567 g/mol. The van der Waals surface area contributed by atoms with Gasteiger partial charge in [-0.2, -0.15) is 0 Å². The molecule has 1 rings (SSSR count). The SMILES string of the molecule is COCCCC[Si](C)(O[Si](C)(C)C)O[Si](C)(CCCn1ccnc1)O[Si](C)(OC)O[Si](C)(C)C. The number of unbranched alkanes of at least 4 members (excludes halogenated alkanes) is 1. The van der Waals surface area contributed by atoms with Crippen LogP contribution in [0.4, 0.5) is 0 Å². The molecule has 0 fully saturated rings. The van der Waals surface area contributed by atoms with Gasteiger partial charge in [0.2, 0.25) is 0 Å². The van der Waals surface area contributed by atoms with Gasteiger partial charge in [0.1, 0.15) is 0 Å². The van der Waals surface area contributed by atoms with Gasteiger partial charge in [-0.05, 0) is 83.7 Å². The summed E-state index contributed by atoms with van der Waals surface area (Å²) in [6.45, 7) is 21.2. The Labute approximate surface area is 213 Å². The predicted octanol–water partition coefficient (Wildman–Crippen LogP) is 5.80. The van der Waals surface area contributed by atoms with Crippen LogP contribution >= 0.6 is 0 Å². The molecule has 0 amide bonds. The monoisotopic (exact) mass is 566 g/mol. The van der Waals surface area contributed by atoms with E-state index in [0.29, 0.717) is 0 Å². The second kappa shape index (κ2) is 13.6. The van der Waals surface area contributed by atoms with Crippen molar-refractivity contribution in [2.75, 3.05) is 20.8 Å². The van der Waals surface area contributed by atoms with Crippen LogP contribution in [0, 0.1) is 0 Å². The number of aromatic nitrogens is 2. The molecule has 8 nitrogen and oxygen atoms in total. The van der Waals surface area contributed by atoms with Crippen LogP contribution in [0.2, 0.25) is 71.0 Å². The number of methoxy groups -OCH3 is 1. The van der Waals surface area contributed by atoms with E-state index >= 15 is 0 Å². The summed E-state index contributed by atoms with van der Waals surface area (Å²) in [6.07, 6.45) is 8.61. The smallest absolute Gasteiger partial charge is 0.437 e. The van der Waals surface area contributed by atoms with Crippen molar-refractivity contribution in [3.05, 3.63) is 18.7 Å². The third kappa shape index (κ3) is 13.4. The van der Waals surface area contributed by atoms with Gasteiger partial charge in [0.05, 0.1) is 6.33 Å². The molecule has 0 aliphatic heterocycles. The first-order chi connectivity index (χ1) is 15.5. The van der Waals surface area contributed by atoms with Crippen LogP contribution in [0.15, 0.2) is 18.7 Å². The molecule has 0 spiro atoms. The molecule has 1 heterocycles. The number of rotatable bonds is 18. The van der Waals surface area contributed by atoms with E-state index in [1.54, 1.807) is 14.2 Å². The van der Waals surface area contributed by atoms with E-state index in [2.05, 4.69) is 61.9 Å². The van der Waals surface area contributed by atoms with E-state index in [-0.39, 0.29) is 0 Å². The molecule has 200 valence electrons. The number of aryl methyl sites for hydroxylation is 1. The summed E-state index contributed by atoms with van der Waals surface area (Å²) in [5.74, 6) is 0. The highest BCUT2D eigenvalue weighted by molar-refractivity contribution is 6.90. The molecule has 3 unspecified atom stereocenters. The molecule has 0 saturated carbocycles. The van der Waals surface area contributed by atoms with Crippen LogP contribution in [0.25, 0.3) is 0 Å². The van der Waals surface area contributed by atoms with E-state index < -0.39 is 42.6 Å². The Morgan fingerprint density at radius 2 is 1.29 bits per heavy atom. The normalized spacial score (nSPS) is 18.3. The van der Waals surface area contributed by atoms with Crippen LogP contribution in [0.5, 0.6) is 0 Å². The molecular formula is C21H50N2O6Si5. The Hall–Kier alpha value is 0.0544. The number of imidazole rings is 1. The van der Waals surface area contributed by atoms with Gasteiger partial charge in [0, 0.05) is 46.3 Å². The molecule has 0 aliphatic rings. The molecular weight excluding hydrogens is 517 g/mol. The largest absolute Gasteiger partial charge is 0.478 e. The maximum Gasteiger partial charge on any atom is 0.478 e. The van der Waals surface area contributed by atoms with Crippen molar-refractivity contribution in [2.24, 2.45) is 0 Å². The molecule has 0 radical (unpaired) electrons. The third-order valence-electron chi connectivity index (χ3n) is 5.05. The van der Waals surface area contributed by atoms with Crippen molar-refractivity contribution in [1.82, 2.24) is 9.55 Å². The summed E-state index contributed by atoms with van der Waals surface area (Å²) < 4.78 is 40.6. The Morgan fingerprint density at radius 3 is 1.79 bits per heavy atom. The van der Waals surface area contributed by atoms with E-state index in [4.69, 9.17) is 25.6 Å². The molecule has 0 N–H and O–H groups in total. The molecule has 13 heteroatoms. The fourth-order valence-corrected chi connectivity index (χ4v) is 26.1. The predicted molar refractivity (Wildman–Crippen MR) is 150 cm³/mol. The quantitative estimate of drug-likeness (QED) is 0.164. The minimum atomic E-state index is -2.88. The molecule has 0 bridgehead atoms. The minimum Gasteiger partial charge on any atom is -0.437 e. The summed E-state index contributed by atoms with van der Waals surface area (Å²) >= 11 is 0. The molecule has 0 saturated heterocycles. The van der Waals surface area contributed by atoms with Gasteiger partial charge in [-0.25, -0.2) is 4.98 Å². The summed E-state index contributed by atoms with van der Waals surface area (Å²) in [4.78, 5) is 4.16. The van der Waals surface area contributed by atoms with Gasteiger partial charge in [-0.3, -0.25) is 0 Å². The van der Waals surface area contributed by atoms with Crippen LogP contribution in [0.3, 0.4) is 0 Å².